The molecule has 2 aromatic carbocycles. The van der Waals surface area contributed by atoms with E-state index in [1.807, 2.05) is 26.0 Å². The number of carboxylic acids is 2. The van der Waals surface area contributed by atoms with Crippen LogP contribution in [0, 0.1) is 12.8 Å². The van der Waals surface area contributed by atoms with Crippen molar-refractivity contribution in [1.29, 1.82) is 0 Å². The van der Waals surface area contributed by atoms with Crippen LogP contribution in [-0.4, -0.2) is 84.2 Å². The van der Waals surface area contributed by atoms with Crippen molar-refractivity contribution in [3.8, 4) is 0 Å². The van der Waals surface area contributed by atoms with Crippen molar-refractivity contribution in [1.82, 2.24) is 14.9 Å². The first-order chi connectivity index (χ1) is 25.2. The number of nitrogens with zero attached hydrogens (tertiary/aromatic N) is 1. The second kappa shape index (κ2) is 19.2. The van der Waals surface area contributed by atoms with Gasteiger partial charge in [-0.15, -0.1) is 0 Å². The highest BCUT2D eigenvalue weighted by molar-refractivity contribution is 7.89. The van der Waals surface area contributed by atoms with Crippen molar-refractivity contribution in [3.05, 3.63) is 63.7 Å². The Hall–Kier alpha value is -3.52. The molecule has 2 aliphatic carbocycles. The summed E-state index contributed by atoms with van der Waals surface area (Å²) in [5.41, 5.74) is 4.46. The number of carbonyl (C=O) groups is 4. The summed E-state index contributed by atoms with van der Waals surface area (Å²) in [6, 6.07) is 8.01. The number of aryl methyl sites for hydroxylation is 1. The lowest BCUT2D eigenvalue weighted by Crippen LogP contribution is -2.55. The fourth-order valence-corrected chi connectivity index (χ4v) is 9.42. The van der Waals surface area contributed by atoms with Gasteiger partial charge in [0, 0.05) is 23.5 Å². The largest absolute Gasteiger partial charge is 0.481 e. The summed E-state index contributed by atoms with van der Waals surface area (Å²) in [5, 5.41) is 22.1. The standard InChI is InChI=1S/C20H22ClNO4S.C19H32N2O5/c1-13-2-3-14-12-16(6-9-19(14)18(13)10-11-20(23)24)22-27(25,26)17-7-4-15(21)5-8-17;1-4-8-14(19(25)26-5-2)20-12(3)17(22)21-15-10-7-6-9-13(15)11-16(21)18(23)24/h2-5,7-8,16,22H,6,9-12H2,1H3,(H,23,24);12-16,20H,4-11H2,1-3H3,(H,23,24)/t16-;12-,13-,14-,15-,16-/m10/s1. The van der Waals surface area contributed by atoms with Gasteiger partial charge >= 0.3 is 17.9 Å². The van der Waals surface area contributed by atoms with Crippen LogP contribution in [0.4, 0.5) is 0 Å². The van der Waals surface area contributed by atoms with Gasteiger partial charge in [0.2, 0.25) is 15.9 Å². The number of esters is 1. The number of halogens is 1. The molecule has 0 bridgehead atoms. The smallest absolute Gasteiger partial charge is 0.326 e. The molecule has 53 heavy (non-hydrogen) atoms. The molecule has 0 radical (unpaired) electrons. The third kappa shape index (κ3) is 11.0. The van der Waals surface area contributed by atoms with Gasteiger partial charge in [0.05, 0.1) is 17.5 Å². The summed E-state index contributed by atoms with van der Waals surface area (Å²) in [4.78, 5) is 49.6. The van der Waals surface area contributed by atoms with Gasteiger partial charge in [-0.3, -0.25) is 19.7 Å². The predicted molar refractivity (Wildman–Crippen MR) is 201 cm³/mol. The summed E-state index contributed by atoms with van der Waals surface area (Å²) in [5.74, 6) is -2.05. The number of ether oxygens (including phenoxy) is 1. The molecular formula is C39H54ClN3O9S. The molecule has 292 valence electrons. The second-order valence-electron chi connectivity index (χ2n) is 14.3. The van der Waals surface area contributed by atoms with Crippen molar-refractivity contribution in [2.45, 2.75) is 140 Å². The molecule has 1 saturated heterocycles. The van der Waals surface area contributed by atoms with E-state index in [4.69, 9.17) is 21.4 Å². The van der Waals surface area contributed by atoms with Crippen LogP contribution in [0.15, 0.2) is 41.3 Å². The van der Waals surface area contributed by atoms with Crippen LogP contribution in [0.2, 0.25) is 5.02 Å². The summed E-state index contributed by atoms with van der Waals surface area (Å²) in [6.07, 6.45) is 8.50. The fourth-order valence-electron chi connectivity index (χ4n) is 8.02. The lowest BCUT2D eigenvalue weighted by atomic mass is 9.83. The quantitative estimate of drug-likeness (QED) is 0.181. The van der Waals surface area contributed by atoms with E-state index in [0.717, 1.165) is 55.2 Å². The van der Waals surface area contributed by atoms with Gasteiger partial charge in [-0.2, -0.15) is 0 Å². The number of likely N-dealkylation sites (tertiary alicyclic amines) is 1. The Kier molecular flexibility index (Phi) is 15.3. The van der Waals surface area contributed by atoms with Gasteiger partial charge in [0.25, 0.3) is 0 Å². The molecule has 14 heteroatoms. The van der Waals surface area contributed by atoms with Crippen molar-refractivity contribution < 1.29 is 42.5 Å². The van der Waals surface area contributed by atoms with Crippen LogP contribution >= 0.6 is 11.6 Å². The van der Waals surface area contributed by atoms with Crippen LogP contribution in [0.5, 0.6) is 0 Å². The molecule has 2 fully saturated rings. The molecule has 1 heterocycles. The van der Waals surface area contributed by atoms with Crippen molar-refractivity contribution >= 4 is 45.4 Å². The van der Waals surface area contributed by atoms with E-state index in [9.17, 15) is 32.7 Å². The average molecular weight is 776 g/mol. The van der Waals surface area contributed by atoms with Crippen LogP contribution in [0.3, 0.4) is 0 Å². The highest BCUT2D eigenvalue weighted by atomic mass is 35.5. The summed E-state index contributed by atoms with van der Waals surface area (Å²) in [7, 11) is -3.61. The minimum atomic E-state index is -3.61. The van der Waals surface area contributed by atoms with Gasteiger partial charge in [-0.25, -0.2) is 17.9 Å². The highest BCUT2D eigenvalue weighted by Gasteiger charge is 2.48. The third-order valence-electron chi connectivity index (χ3n) is 10.6. The second-order valence-corrected chi connectivity index (χ2v) is 16.5. The third-order valence-corrected chi connectivity index (χ3v) is 12.4. The maximum atomic E-state index is 13.1. The van der Waals surface area contributed by atoms with Crippen LogP contribution < -0.4 is 10.0 Å². The number of benzene rings is 2. The van der Waals surface area contributed by atoms with Crippen molar-refractivity contribution in [2.75, 3.05) is 6.61 Å². The first kappa shape index (κ1) is 42.2. The number of amides is 1. The van der Waals surface area contributed by atoms with Crippen LogP contribution in [0.25, 0.3) is 0 Å². The number of sulfonamides is 1. The Morgan fingerprint density at radius 1 is 1.02 bits per heavy atom. The molecule has 4 N–H and O–H groups in total. The maximum absolute atomic E-state index is 13.1. The predicted octanol–water partition coefficient (Wildman–Crippen LogP) is 5.44. The first-order valence-electron chi connectivity index (χ1n) is 18.7. The average Bonchev–Trinajstić information content (AvgIpc) is 3.51. The van der Waals surface area contributed by atoms with Gasteiger partial charge in [-0.05, 0) is 125 Å². The zero-order valence-electron chi connectivity index (χ0n) is 31.1. The van der Waals surface area contributed by atoms with E-state index < -0.39 is 40.1 Å². The van der Waals surface area contributed by atoms with E-state index in [1.165, 1.54) is 17.7 Å². The monoisotopic (exact) mass is 775 g/mol. The zero-order chi connectivity index (χ0) is 38.9. The van der Waals surface area contributed by atoms with Crippen molar-refractivity contribution in [2.24, 2.45) is 5.92 Å². The number of carbonyl (C=O) groups excluding carboxylic acids is 2. The maximum Gasteiger partial charge on any atom is 0.326 e. The molecule has 5 rings (SSSR count). The molecule has 0 unspecified atom stereocenters. The molecule has 1 amide bonds. The van der Waals surface area contributed by atoms with E-state index >= 15 is 0 Å². The van der Waals surface area contributed by atoms with E-state index in [-0.39, 0.29) is 41.2 Å². The molecular weight excluding hydrogens is 722 g/mol. The first-order valence-corrected chi connectivity index (χ1v) is 20.6. The Bertz CT molecular complexity index is 1720. The molecule has 3 aliphatic rings. The van der Waals surface area contributed by atoms with E-state index in [2.05, 4.69) is 10.0 Å². The molecule has 12 nitrogen and oxygen atoms in total. The van der Waals surface area contributed by atoms with Crippen LogP contribution in [-0.2, 0) is 53.2 Å². The van der Waals surface area contributed by atoms with Gasteiger partial charge < -0.3 is 19.8 Å². The van der Waals surface area contributed by atoms with Crippen LogP contribution in [0.1, 0.15) is 101 Å². The number of hydrogen-bond donors (Lipinski definition) is 4. The van der Waals surface area contributed by atoms with Gasteiger partial charge in [0.15, 0.2) is 0 Å². The molecule has 1 aliphatic heterocycles. The number of nitrogens with one attached hydrogen (secondary N) is 2. The summed E-state index contributed by atoms with van der Waals surface area (Å²) >= 11 is 5.83. The van der Waals surface area contributed by atoms with Crippen molar-refractivity contribution in [3.63, 3.8) is 0 Å². The van der Waals surface area contributed by atoms with Gasteiger partial charge in [-0.1, -0.05) is 49.9 Å². The summed E-state index contributed by atoms with van der Waals surface area (Å²) < 4.78 is 33.1. The topological polar surface area (TPSA) is 179 Å². The number of fused-ring (bicyclic) bond motifs is 2. The number of aliphatic carboxylic acids is 2. The molecule has 0 aromatic heterocycles. The minimum absolute atomic E-state index is 0.00817. The zero-order valence-corrected chi connectivity index (χ0v) is 32.7. The van der Waals surface area contributed by atoms with E-state index in [0.29, 0.717) is 43.7 Å². The Labute approximate surface area is 318 Å². The number of rotatable bonds is 14. The Morgan fingerprint density at radius 3 is 2.36 bits per heavy atom. The Balaban J connectivity index is 0.000000237. The minimum Gasteiger partial charge on any atom is -0.481 e. The molecule has 6 atom stereocenters. The van der Waals surface area contributed by atoms with Gasteiger partial charge in [0.1, 0.15) is 12.1 Å². The number of carboxylic acid groups (broad SMARTS) is 2. The molecule has 0 spiro atoms. The lowest BCUT2D eigenvalue weighted by molar-refractivity contribution is -0.152. The van der Waals surface area contributed by atoms with E-state index in [1.54, 1.807) is 30.9 Å². The molecule has 2 aromatic rings. The Morgan fingerprint density at radius 2 is 1.72 bits per heavy atom. The highest BCUT2D eigenvalue weighted by Crippen LogP contribution is 2.40. The molecule has 1 saturated carbocycles. The summed E-state index contributed by atoms with van der Waals surface area (Å²) in [6.45, 7) is 7.71. The lowest BCUT2D eigenvalue weighted by Gasteiger charge is -2.35. The normalized spacial score (nSPS) is 22.0. The number of hydrogen-bond acceptors (Lipinski definition) is 8. The SMILES string of the molecule is CCC[C@H](N[C@@H](C)C(=O)N1[C@H](C(=O)O)C[C@@H]2CCCC[C@@H]21)C(=O)OCC.Cc1ccc2c(c1CCC(=O)O)CC[C@@H](NS(=O)(=O)c1ccc(Cl)cc1)C2. The fraction of sp³-hybridized carbons (Fsp3) is 0.590.